The molecule has 0 atom stereocenters. The fourth-order valence-corrected chi connectivity index (χ4v) is 2.86. The van der Waals surface area contributed by atoms with E-state index >= 15 is 0 Å². The van der Waals surface area contributed by atoms with Crippen LogP contribution in [0.1, 0.15) is 32.8 Å². The summed E-state index contributed by atoms with van der Waals surface area (Å²) in [6, 6.07) is 5.86. The second kappa shape index (κ2) is 7.57. The van der Waals surface area contributed by atoms with Gasteiger partial charge in [-0.05, 0) is 30.9 Å². The zero-order chi connectivity index (χ0) is 16.9. The molecule has 0 unspecified atom stereocenters. The molecule has 5 nitrogen and oxygen atoms in total. The van der Waals surface area contributed by atoms with Crippen LogP contribution in [-0.4, -0.2) is 44.7 Å². The molecule has 0 saturated carbocycles. The first-order chi connectivity index (χ1) is 11.0. The second-order valence-electron chi connectivity index (χ2n) is 6.68. The van der Waals surface area contributed by atoms with Crippen molar-refractivity contribution >= 4 is 5.96 Å². The van der Waals surface area contributed by atoms with Gasteiger partial charge in [0.1, 0.15) is 11.5 Å². The number of likely N-dealkylation sites (tertiary alicyclic amines) is 1. The molecule has 0 spiro atoms. The lowest BCUT2D eigenvalue weighted by atomic mass is 9.93. The van der Waals surface area contributed by atoms with Gasteiger partial charge >= 0.3 is 0 Å². The van der Waals surface area contributed by atoms with Crippen LogP contribution in [0.15, 0.2) is 23.2 Å². The summed E-state index contributed by atoms with van der Waals surface area (Å²) in [6.07, 6.45) is 1.20. The van der Waals surface area contributed by atoms with Gasteiger partial charge in [0, 0.05) is 31.3 Å². The molecule has 1 fully saturated rings. The van der Waals surface area contributed by atoms with Crippen LogP contribution < -0.4 is 14.8 Å². The van der Waals surface area contributed by atoms with E-state index in [4.69, 9.17) is 14.5 Å². The molecule has 0 aromatic heterocycles. The number of nitrogens with zero attached hydrogens (tertiary/aromatic N) is 2. The maximum atomic E-state index is 5.46. The molecule has 2 rings (SSSR count). The van der Waals surface area contributed by atoms with Crippen molar-refractivity contribution in [3.63, 3.8) is 0 Å². The average Bonchev–Trinajstić information content (AvgIpc) is 2.91. The average molecular weight is 319 g/mol. The normalized spacial score (nSPS) is 17.3. The number of aliphatic imine (C=N–C) groups is 1. The number of ether oxygens (including phenoxy) is 2. The lowest BCUT2D eigenvalue weighted by molar-refractivity contribution is 0.370. The van der Waals surface area contributed by atoms with Gasteiger partial charge in [0.25, 0.3) is 0 Å². The lowest BCUT2D eigenvalue weighted by Crippen LogP contribution is -2.40. The van der Waals surface area contributed by atoms with Crippen molar-refractivity contribution in [3.05, 3.63) is 23.8 Å². The van der Waals surface area contributed by atoms with E-state index in [1.54, 1.807) is 14.2 Å². The summed E-state index contributed by atoms with van der Waals surface area (Å²) < 4.78 is 10.7. The van der Waals surface area contributed by atoms with Crippen LogP contribution in [0.25, 0.3) is 0 Å². The molecule has 1 aliphatic heterocycles. The SMILES string of the molecule is CCNC(=NCc1ccc(OC)cc1OC)N1CCC(C)(C)C1. The third kappa shape index (κ3) is 4.53. The predicted molar refractivity (Wildman–Crippen MR) is 94.3 cm³/mol. The number of benzene rings is 1. The maximum Gasteiger partial charge on any atom is 0.194 e. The third-order valence-corrected chi connectivity index (χ3v) is 4.21. The fraction of sp³-hybridized carbons (Fsp3) is 0.611. The molecule has 5 heteroatoms. The Morgan fingerprint density at radius 3 is 2.65 bits per heavy atom. The van der Waals surface area contributed by atoms with Gasteiger partial charge in [-0.25, -0.2) is 4.99 Å². The molecule has 128 valence electrons. The molecular weight excluding hydrogens is 290 g/mol. The highest BCUT2D eigenvalue weighted by Gasteiger charge is 2.30. The van der Waals surface area contributed by atoms with Crippen molar-refractivity contribution < 1.29 is 9.47 Å². The molecule has 1 heterocycles. The smallest absolute Gasteiger partial charge is 0.194 e. The van der Waals surface area contributed by atoms with Gasteiger partial charge in [0.2, 0.25) is 0 Å². The summed E-state index contributed by atoms with van der Waals surface area (Å²) >= 11 is 0. The van der Waals surface area contributed by atoms with Crippen molar-refractivity contribution in [3.8, 4) is 11.5 Å². The zero-order valence-electron chi connectivity index (χ0n) is 15.0. The van der Waals surface area contributed by atoms with Gasteiger partial charge in [-0.15, -0.1) is 0 Å². The second-order valence-corrected chi connectivity index (χ2v) is 6.68. The van der Waals surface area contributed by atoms with E-state index in [0.29, 0.717) is 12.0 Å². The topological polar surface area (TPSA) is 46.1 Å². The van der Waals surface area contributed by atoms with Gasteiger partial charge in [-0.2, -0.15) is 0 Å². The Bertz CT molecular complexity index is 555. The van der Waals surface area contributed by atoms with Gasteiger partial charge in [-0.1, -0.05) is 13.8 Å². The molecule has 0 bridgehead atoms. The summed E-state index contributed by atoms with van der Waals surface area (Å²) in [5, 5.41) is 3.40. The molecule has 1 aromatic rings. The Kier molecular flexibility index (Phi) is 5.74. The standard InChI is InChI=1S/C18H29N3O2/c1-6-19-17(21-10-9-18(2,3)13-21)20-12-14-7-8-15(22-4)11-16(14)23-5/h7-8,11H,6,9-10,12-13H2,1-5H3,(H,19,20). The number of nitrogens with one attached hydrogen (secondary N) is 1. The molecule has 1 saturated heterocycles. The van der Waals surface area contributed by atoms with Crippen LogP contribution in [0.2, 0.25) is 0 Å². The monoisotopic (exact) mass is 319 g/mol. The molecule has 1 aromatic carbocycles. The fourth-order valence-electron chi connectivity index (χ4n) is 2.86. The molecular formula is C18H29N3O2. The largest absolute Gasteiger partial charge is 0.497 e. The first kappa shape index (κ1) is 17.4. The highest BCUT2D eigenvalue weighted by Crippen LogP contribution is 2.29. The van der Waals surface area contributed by atoms with Crippen LogP contribution in [0.5, 0.6) is 11.5 Å². The van der Waals surface area contributed by atoms with E-state index < -0.39 is 0 Å². The lowest BCUT2D eigenvalue weighted by Gasteiger charge is -2.23. The minimum absolute atomic E-state index is 0.355. The summed E-state index contributed by atoms with van der Waals surface area (Å²) in [7, 11) is 3.33. The Balaban J connectivity index is 2.14. The highest BCUT2D eigenvalue weighted by molar-refractivity contribution is 5.80. The number of rotatable bonds is 5. The van der Waals surface area contributed by atoms with Crippen molar-refractivity contribution in [1.29, 1.82) is 0 Å². The minimum atomic E-state index is 0.355. The third-order valence-electron chi connectivity index (χ3n) is 4.21. The Labute approximate surface area is 139 Å². The molecule has 1 N–H and O–H groups in total. The van der Waals surface area contributed by atoms with Gasteiger partial charge in [-0.3, -0.25) is 0 Å². The van der Waals surface area contributed by atoms with E-state index in [0.717, 1.165) is 42.7 Å². The first-order valence-electron chi connectivity index (χ1n) is 8.23. The van der Waals surface area contributed by atoms with E-state index in [2.05, 4.69) is 31.0 Å². The van der Waals surface area contributed by atoms with Crippen LogP contribution in [0, 0.1) is 5.41 Å². The summed E-state index contributed by atoms with van der Waals surface area (Å²) in [5.41, 5.74) is 1.41. The predicted octanol–water partition coefficient (Wildman–Crippen LogP) is 2.90. The highest BCUT2D eigenvalue weighted by atomic mass is 16.5. The van der Waals surface area contributed by atoms with Crippen LogP contribution in [0.4, 0.5) is 0 Å². The van der Waals surface area contributed by atoms with Crippen LogP contribution in [0.3, 0.4) is 0 Å². The van der Waals surface area contributed by atoms with E-state index in [-0.39, 0.29) is 0 Å². The van der Waals surface area contributed by atoms with Gasteiger partial charge in [0.05, 0.1) is 20.8 Å². The zero-order valence-corrected chi connectivity index (χ0v) is 15.0. The first-order valence-corrected chi connectivity index (χ1v) is 8.23. The molecule has 0 radical (unpaired) electrons. The molecule has 0 aliphatic carbocycles. The van der Waals surface area contributed by atoms with Crippen molar-refractivity contribution in [2.45, 2.75) is 33.7 Å². The Morgan fingerprint density at radius 2 is 2.09 bits per heavy atom. The quantitative estimate of drug-likeness (QED) is 0.669. The number of guanidine groups is 1. The van der Waals surface area contributed by atoms with Gasteiger partial charge in [0.15, 0.2) is 5.96 Å². The van der Waals surface area contributed by atoms with Crippen molar-refractivity contribution in [2.75, 3.05) is 33.9 Å². The number of hydrogen-bond acceptors (Lipinski definition) is 3. The Hall–Kier alpha value is -1.91. The van der Waals surface area contributed by atoms with E-state index in [9.17, 15) is 0 Å². The van der Waals surface area contributed by atoms with E-state index in [1.165, 1.54) is 6.42 Å². The van der Waals surface area contributed by atoms with E-state index in [1.807, 2.05) is 18.2 Å². The minimum Gasteiger partial charge on any atom is -0.497 e. The summed E-state index contributed by atoms with van der Waals surface area (Å²) in [6.45, 7) is 10.3. The number of hydrogen-bond donors (Lipinski definition) is 1. The van der Waals surface area contributed by atoms with Crippen LogP contribution in [-0.2, 0) is 6.54 Å². The summed E-state index contributed by atoms with van der Waals surface area (Å²) in [4.78, 5) is 7.15. The maximum absolute atomic E-state index is 5.46. The summed E-state index contributed by atoms with van der Waals surface area (Å²) in [5.74, 6) is 2.59. The van der Waals surface area contributed by atoms with Crippen molar-refractivity contribution in [2.24, 2.45) is 10.4 Å². The molecule has 23 heavy (non-hydrogen) atoms. The van der Waals surface area contributed by atoms with Gasteiger partial charge < -0.3 is 19.7 Å². The Morgan fingerprint density at radius 1 is 1.30 bits per heavy atom. The van der Waals surface area contributed by atoms with Crippen LogP contribution >= 0.6 is 0 Å². The molecule has 1 aliphatic rings. The number of methoxy groups -OCH3 is 2. The van der Waals surface area contributed by atoms with Crippen molar-refractivity contribution in [1.82, 2.24) is 10.2 Å². The molecule has 0 amide bonds.